The van der Waals surface area contributed by atoms with Gasteiger partial charge in [-0.1, -0.05) is 46.3 Å². The molecule has 2 nitrogen and oxygen atoms in total. The van der Waals surface area contributed by atoms with Crippen LogP contribution < -0.4 is 5.32 Å². The van der Waals surface area contributed by atoms with Crippen molar-refractivity contribution in [1.82, 2.24) is 0 Å². The number of nitrogens with one attached hydrogen (secondary N) is 1. The van der Waals surface area contributed by atoms with Gasteiger partial charge in [-0.25, -0.2) is 0 Å². The topological polar surface area (TPSA) is 29.1 Å². The second-order valence-corrected chi connectivity index (χ2v) is 5.96. The summed E-state index contributed by atoms with van der Waals surface area (Å²) in [4.78, 5) is 12.7. The molecule has 0 fully saturated rings. The fraction of sp³-hybridized carbons (Fsp3) is 0.167. The molecule has 3 heteroatoms. The van der Waals surface area contributed by atoms with E-state index in [0.29, 0.717) is 0 Å². The minimum Gasteiger partial charge on any atom is -0.359 e. The molecule has 1 aliphatic rings. The molecule has 0 aliphatic heterocycles. The molecule has 0 atom stereocenters. The molecule has 21 heavy (non-hydrogen) atoms. The summed E-state index contributed by atoms with van der Waals surface area (Å²) in [7, 11) is 0. The summed E-state index contributed by atoms with van der Waals surface area (Å²) in [6, 6.07) is 17.6. The van der Waals surface area contributed by atoms with Gasteiger partial charge in [0.1, 0.15) is 0 Å². The number of ketones is 1. The molecule has 0 spiro atoms. The summed E-state index contributed by atoms with van der Waals surface area (Å²) in [5.41, 5.74) is 3.74. The predicted octanol–water partition coefficient (Wildman–Crippen LogP) is 5.18. The summed E-state index contributed by atoms with van der Waals surface area (Å²) < 4.78 is 0.855. The lowest BCUT2D eigenvalue weighted by Gasteiger charge is -2.11. The van der Waals surface area contributed by atoms with Crippen molar-refractivity contribution in [3.8, 4) is 0 Å². The van der Waals surface area contributed by atoms with Crippen LogP contribution in [-0.2, 0) is 0 Å². The van der Waals surface area contributed by atoms with Crippen molar-refractivity contribution in [3.63, 3.8) is 0 Å². The average molecular weight is 342 g/mol. The number of carbonyl (C=O) groups excluding carboxylic acids is 1. The van der Waals surface area contributed by atoms with Crippen LogP contribution in [0.3, 0.4) is 0 Å². The Morgan fingerprint density at radius 3 is 2.43 bits per heavy atom. The molecule has 3 rings (SSSR count). The van der Waals surface area contributed by atoms with Crippen molar-refractivity contribution < 1.29 is 4.79 Å². The van der Waals surface area contributed by atoms with Gasteiger partial charge in [-0.3, -0.25) is 4.79 Å². The van der Waals surface area contributed by atoms with Crippen LogP contribution in [0.2, 0.25) is 0 Å². The van der Waals surface area contributed by atoms with E-state index in [1.807, 2.05) is 54.6 Å². The number of hydrogen-bond acceptors (Lipinski definition) is 2. The fourth-order valence-electron chi connectivity index (χ4n) is 2.64. The zero-order chi connectivity index (χ0) is 14.7. The van der Waals surface area contributed by atoms with Gasteiger partial charge in [0.15, 0.2) is 5.78 Å². The lowest BCUT2D eigenvalue weighted by molar-refractivity contribution is 0.103. The van der Waals surface area contributed by atoms with Crippen LogP contribution in [0.15, 0.2) is 70.3 Å². The molecule has 0 bridgehead atoms. The van der Waals surface area contributed by atoms with Crippen molar-refractivity contribution in [3.05, 3.63) is 75.9 Å². The minimum absolute atomic E-state index is 0.124. The molecule has 0 saturated carbocycles. The van der Waals surface area contributed by atoms with Crippen molar-refractivity contribution >= 4 is 27.4 Å². The van der Waals surface area contributed by atoms with Gasteiger partial charge in [0.05, 0.1) is 0 Å². The van der Waals surface area contributed by atoms with Crippen LogP contribution in [-0.4, -0.2) is 5.78 Å². The zero-order valence-electron chi connectivity index (χ0n) is 11.6. The molecular formula is C18H16BrNO. The monoisotopic (exact) mass is 341 g/mol. The number of benzene rings is 2. The van der Waals surface area contributed by atoms with Gasteiger partial charge < -0.3 is 5.32 Å². The summed E-state index contributed by atoms with van der Waals surface area (Å²) >= 11 is 3.47. The van der Waals surface area contributed by atoms with E-state index in [-0.39, 0.29) is 5.78 Å². The number of anilines is 1. The average Bonchev–Trinajstić information content (AvgIpc) is 2.96. The largest absolute Gasteiger partial charge is 0.359 e. The maximum absolute atomic E-state index is 12.7. The molecular weight excluding hydrogens is 326 g/mol. The summed E-state index contributed by atoms with van der Waals surface area (Å²) in [5, 5.41) is 3.40. The van der Waals surface area contributed by atoms with Crippen LogP contribution in [0.5, 0.6) is 0 Å². The van der Waals surface area contributed by atoms with Crippen LogP contribution in [0.25, 0.3) is 0 Å². The van der Waals surface area contributed by atoms with E-state index < -0.39 is 0 Å². The highest BCUT2D eigenvalue weighted by Gasteiger charge is 2.23. The number of allylic oxidation sites excluding steroid dienone is 2. The third kappa shape index (κ3) is 3.08. The van der Waals surface area contributed by atoms with E-state index in [9.17, 15) is 4.79 Å². The number of halogens is 1. The third-order valence-corrected chi connectivity index (χ3v) is 4.37. The predicted molar refractivity (Wildman–Crippen MR) is 89.4 cm³/mol. The van der Waals surface area contributed by atoms with E-state index in [4.69, 9.17) is 0 Å². The van der Waals surface area contributed by atoms with Crippen LogP contribution >= 0.6 is 15.9 Å². The summed E-state index contributed by atoms with van der Waals surface area (Å²) in [6.07, 6.45) is 2.80. The highest BCUT2D eigenvalue weighted by atomic mass is 79.9. The quantitative estimate of drug-likeness (QED) is 0.776. The Morgan fingerprint density at radius 1 is 0.952 bits per heavy atom. The maximum Gasteiger partial charge on any atom is 0.191 e. The number of hydrogen-bond donors (Lipinski definition) is 1. The Bertz CT molecular complexity index is 691. The number of para-hydroxylation sites is 1. The van der Waals surface area contributed by atoms with Gasteiger partial charge in [-0.15, -0.1) is 0 Å². The molecule has 1 aliphatic carbocycles. The van der Waals surface area contributed by atoms with E-state index in [0.717, 1.165) is 46.3 Å². The molecule has 0 saturated heterocycles. The van der Waals surface area contributed by atoms with Gasteiger partial charge in [-0.05, 0) is 43.5 Å². The standard InChI is InChI=1S/C18H16BrNO/c19-16-11-5-4-9-14(16)18(21)15-10-6-12-17(15)20-13-7-2-1-3-8-13/h1-5,7-9,11,20H,6,10,12H2. The molecule has 0 unspecified atom stereocenters. The number of carbonyl (C=O) groups is 1. The molecule has 0 radical (unpaired) electrons. The molecule has 1 N–H and O–H groups in total. The molecule has 106 valence electrons. The second-order valence-electron chi connectivity index (χ2n) is 5.11. The third-order valence-electron chi connectivity index (χ3n) is 3.68. The first-order chi connectivity index (χ1) is 10.3. The fourth-order valence-corrected chi connectivity index (χ4v) is 3.10. The Morgan fingerprint density at radius 2 is 1.67 bits per heavy atom. The Labute approximate surface area is 133 Å². The molecule has 2 aromatic carbocycles. The molecule has 0 heterocycles. The highest BCUT2D eigenvalue weighted by Crippen LogP contribution is 2.31. The Hall–Kier alpha value is -1.87. The SMILES string of the molecule is O=C(C1=C(Nc2ccccc2)CCC1)c1ccccc1Br. The van der Waals surface area contributed by atoms with Crippen LogP contribution in [0.4, 0.5) is 5.69 Å². The lowest BCUT2D eigenvalue weighted by Crippen LogP contribution is -2.08. The highest BCUT2D eigenvalue weighted by molar-refractivity contribution is 9.10. The minimum atomic E-state index is 0.124. The number of rotatable bonds is 4. The van der Waals surface area contributed by atoms with Gasteiger partial charge in [0.25, 0.3) is 0 Å². The normalized spacial score (nSPS) is 14.3. The molecule has 0 amide bonds. The second kappa shape index (κ2) is 6.27. The van der Waals surface area contributed by atoms with Crippen molar-refractivity contribution in [2.24, 2.45) is 0 Å². The van der Waals surface area contributed by atoms with Crippen molar-refractivity contribution in [1.29, 1.82) is 0 Å². The van der Waals surface area contributed by atoms with Gasteiger partial charge in [-0.2, -0.15) is 0 Å². The maximum atomic E-state index is 12.7. The van der Waals surface area contributed by atoms with E-state index in [1.54, 1.807) is 0 Å². The Kier molecular flexibility index (Phi) is 4.20. The summed E-state index contributed by atoms with van der Waals surface area (Å²) in [6.45, 7) is 0. The first kappa shape index (κ1) is 14.1. The van der Waals surface area contributed by atoms with Gasteiger partial charge in [0, 0.05) is 27.0 Å². The molecule has 0 aromatic heterocycles. The molecule has 2 aromatic rings. The van der Waals surface area contributed by atoms with E-state index in [1.165, 1.54) is 0 Å². The van der Waals surface area contributed by atoms with Crippen LogP contribution in [0, 0.1) is 0 Å². The number of Topliss-reactive ketones (excluding diaryl/α,β-unsaturated/α-hetero) is 1. The summed E-state index contributed by atoms with van der Waals surface area (Å²) in [5.74, 6) is 0.124. The first-order valence-corrected chi connectivity index (χ1v) is 7.88. The smallest absolute Gasteiger partial charge is 0.191 e. The zero-order valence-corrected chi connectivity index (χ0v) is 13.2. The lowest BCUT2D eigenvalue weighted by atomic mass is 10.0. The van der Waals surface area contributed by atoms with Crippen molar-refractivity contribution in [2.75, 3.05) is 5.32 Å². The first-order valence-electron chi connectivity index (χ1n) is 7.09. The van der Waals surface area contributed by atoms with Crippen molar-refractivity contribution in [2.45, 2.75) is 19.3 Å². The Balaban J connectivity index is 1.90. The van der Waals surface area contributed by atoms with Gasteiger partial charge in [0.2, 0.25) is 0 Å². The van der Waals surface area contributed by atoms with E-state index in [2.05, 4.69) is 21.2 Å². The van der Waals surface area contributed by atoms with Gasteiger partial charge >= 0.3 is 0 Å². The van der Waals surface area contributed by atoms with E-state index >= 15 is 0 Å². The van der Waals surface area contributed by atoms with Crippen LogP contribution in [0.1, 0.15) is 29.6 Å².